The van der Waals surface area contributed by atoms with E-state index in [1.165, 1.54) is 0 Å². The minimum Gasteiger partial charge on any atom is -0.268 e. The van der Waals surface area contributed by atoms with Crippen molar-refractivity contribution >= 4 is 12.2 Å². The van der Waals surface area contributed by atoms with Crippen LogP contribution in [0.15, 0.2) is 19.4 Å². The van der Waals surface area contributed by atoms with E-state index in [1.54, 1.807) is 23.0 Å². The zero-order valence-electron chi connectivity index (χ0n) is 10.0. The Kier molecular flexibility index (Phi) is 10.6. The fourth-order valence-corrected chi connectivity index (χ4v) is 0.871. The standard InChI is InChI=1S/C8H10N2.2C2H6/c1-4-7-6-9-10(3)8(7)5-2;2*1-2/h4-6H,1-2H2,3H3;2*1-2H3. The van der Waals surface area contributed by atoms with Crippen LogP contribution in [0.5, 0.6) is 0 Å². The van der Waals surface area contributed by atoms with E-state index in [4.69, 9.17) is 0 Å². The van der Waals surface area contributed by atoms with E-state index >= 15 is 0 Å². The van der Waals surface area contributed by atoms with Crippen molar-refractivity contribution in [1.29, 1.82) is 0 Å². The minimum absolute atomic E-state index is 1.01. The second-order valence-corrected chi connectivity index (χ2v) is 2.02. The first-order valence-electron chi connectivity index (χ1n) is 5.06. The molecule has 0 aliphatic carbocycles. The molecule has 0 atom stereocenters. The van der Waals surface area contributed by atoms with E-state index < -0.39 is 0 Å². The van der Waals surface area contributed by atoms with E-state index in [2.05, 4.69) is 18.3 Å². The van der Waals surface area contributed by atoms with Crippen molar-refractivity contribution in [2.24, 2.45) is 7.05 Å². The van der Waals surface area contributed by atoms with Crippen LogP contribution in [0, 0.1) is 0 Å². The molecule has 2 heteroatoms. The van der Waals surface area contributed by atoms with E-state index in [1.807, 2.05) is 34.7 Å². The Balaban J connectivity index is 0. The van der Waals surface area contributed by atoms with Gasteiger partial charge < -0.3 is 0 Å². The van der Waals surface area contributed by atoms with Crippen molar-refractivity contribution < 1.29 is 0 Å². The summed E-state index contributed by atoms with van der Waals surface area (Å²) in [6.07, 6.45) is 5.30. The fraction of sp³-hybridized carbons (Fsp3) is 0.417. The molecule has 0 bridgehead atoms. The van der Waals surface area contributed by atoms with E-state index in [0.29, 0.717) is 0 Å². The van der Waals surface area contributed by atoms with Crippen molar-refractivity contribution in [3.63, 3.8) is 0 Å². The van der Waals surface area contributed by atoms with Crippen LogP contribution in [0.4, 0.5) is 0 Å². The lowest BCUT2D eigenvalue weighted by Gasteiger charge is -1.93. The molecule has 0 spiro atoms. The highest BCUT2D eigenvalue weighted by atomic mass is 15.3. The number of hydrogen-bond donors (Lipinski definition) is 0. The van der Waals surface area contributed by atoms with Crippen molar-refractivity contribution in [2.75, 3.05) is 0 Å². The lowest BCUT2D eigenvalue weighted by molar-refractivity contribution is 0.759. The summed E-state index contributed by atoms with van der Waals surface area (Å²) in [5.41, 5.74) is 2.03. The molecule has 1 heterocycles. The van der Waals surface area contributed by atoms with E-state index in [9.17, 15) is 0 Å². The summed E-state index contributed by atoms with van der Waals surface area (Å²) in [5.74, 6) is 0. The van der Waals surface area contributed by atoms with Gasteiger partial charge in [0.25, 0.3) is 0 Å². The van der Waals surface area contributed by atoms with Crippen LogP contribution < -0.4 is 0 Å². The molecule has 1 rings (SSSR count). The third-order valence-electron chi connectivity index (χ3n) is 1.43. The molecule has 2 nitrogen and oxygen atoms in total. The molecule has 1 aromatic rings. The highest BCUT2D eigenvalue weighted by Crippen LogP contribution is 2.08. The van der Waals surface area contributed by atoms with Crippen molar-refractivity contribution in [1.82, 2.24) is 9.78 Å². The summed E-state index contributed by atoms with van der Waals surface area (Å²) in [7, 11) is 1.88. The fourth-order valence-electron chi connectivity index (χ4n) is 0.871. The number of aromatic nitrogens is 2. The van der Waals surface area contributed by atoms with Crippen LogP contribution in [0.3, 0.4) is 0 Å². The molecule has 0 amide bonds. The maximum atomic E-state index is 4.03. The quantitative estimate of drug-likeness (QED) is 0.701. The van der Waals surface area contributed by atoms with Crippen molar-refractivity contribution in [3.8, 4) is 0 Å². The second-order valence-electron chi connectivity index (χ2n) is 2.02. The molecule has 0 radical (unpaired) electrons. The molecule has 0 aliphatic rings. The molecular weight excluding hydrogens is 172 g/mol. The van der Waals surface area contributed by atoms with Crippen LogP contribution in [-0.2, 0) is 7.05 Å². The van der Waals surface area contributed by atoms with E-state index in [0.717, 1.165) is 11.3 Å². The van der Waals surface area contributed by atoms with Gasteiger partial charge in [-0.05, 0) is 6.08 Å². The largest absolute Gasteiger partial charge is 0.268 e. The predicted molar refractivity (Wildman–Crippen MR) is 66.1 cm³/mol. The molecule has 0 saturated heterocycles. The summed E-state index contributed by atoms with van der Waals surface area (Å²) < 4.78 is 1.77. The first-order chi connectivity index (χ1) is 6.79. The van der Waals surface area contributed by atoms with Gasteiger partial charge in [0.15, 0.2) is 0 Å². The molecule has 80 valence electrons. The summed E-state index contributed by atoms with van der Waals surface area (Å²) in [6.45, 7) is 15.3. The lowest BCUT2D eigenvalue weighted by atomic mass is 10.2. The van der Waals surface area contributed by atoms with Gasteiger partial charge in [-0.1, -0.05) is 46.9 Å². The first-order valence-corrected chi connectivity index (χ1v) is 5.06. The molecule has 14 heavy (non-hydrogen) atoms. The summed E-state index contributed by atoms with van der Waals surface area (Å²) >= 11 is 0. The van der Waals surface area contributed by atoms with Gasteiger partial charge in [-0.3, -0.25) is 4.68 Å². The van der Waals surface area contributed by atoms with Gasteiger partial charge in [0, 0.05) is 12.6 Å². The molecule has 0 aliphatic heterocycles. The smallest absolute Gasteiger partial charge is 0.0672 e. The lowest BCUT2D eigenvalue weighted by Crippen LogP contribution is -1.92. The van der Waals surface area contributed by atoms with Gasteiger partial charge in [-0.2, -0.15) is 5.10 Å². The predicted octanol–water partition coefficient (Wildman–Crippen LogP) is 3.76. The SMILES string of the molecule is C=Cc1cnn(C)c1C=C.CC.CC. The molecule has 1 aromatic heterocycles. The third-order valence-corrected chi connectivity index (χ3v) is 1.43. The maximum Gasteiger partial charge on any atom is 0.0672 e. The van der Waals surface area contributed by atoms with Gasteiger partial charge in [-0.25, -0.2) is 0 Å². The summed E-state index contributed by atoms with van der Waals surface area (Å²) in [4.78, 5) is 0. The van der Waals surface area contributed by atoms with Gasteiger partial charge in [0.2, 0.25) is 0 Å². The average Bonchev–Trinajstić information content (AvgIpc) is 2.64. The Morgan fingerprint density at radius 2 is 1.64 bits per heavy atom. The topological polar surface area (TPSA) is 17.8 Å². The normalized spacial score (nSPS) is 7.50. The van der Waals surface area contributed by atoms with Gasteiger partial charge in [0.05, 0.1) is 11.9 Å². The zero-order chi connectivity index (χ0) is 11.6. The highest BCUT2D eigenvalue weighted by molar-refractivity contribution is 5.59. The Labute approximate surface area is 88.0 Å². The van der Waals surface area contributed by atoms with Crippen LogP contribution >= 0.6 is 0 Å². The highest BCUT2D eigenvalue weighted by Gasteiger charge is 1.98. The number of rotatable bonds is 2. The van der Waals surface area contributed by atoms with Crippen molar-refractivity contribution in [3.05, 3.63) is 30.6 Å². The monoisotopic (exact) mass is 194 g/mol. The summed E-state index contributed by atoms with van der Waals surface area (Å²) in [5, 5.41) is 4.03. The van der Waals surface area contributed by atoms with Crippen LogP contribution in [0.25, 0.3) is 12.2 Å². The number of aryl methyl sites for hydroxylation is 1. The molecule has 0 saturated carbocycles. The Morgan fingerprint density at radius 3 is 1.93 bits per heavy atom. The Morgan fingerprint density at radius 1 is 1.14 bits per heavy atom. The average molecular weight is 194 g/mol. The maximum absolute atomic E-state index is 4.03. The van der Waals surface area contributed by atoms with Gasteiger partial charge in [0.1, 0.15) is 0 Å². The van der Waals surface area contributed by atoms with Crippen LogP contribution in [0.1, 0.15) is 39.0 Å². The molecule has 0 N–H and O–H groups in total. The molecule has 0 fully saturated rings. The van der Waals surface area contributed by atoms with Gasteiger partial charge >= 0.3 is 0 Å². The van der Waals surface area contributed by atoms with Gasteiger partial charge in [-0.15, -0.1) is 0 Å². The third kappa shape index (κ3) is 4.08. The molecular formula is C12H22N2. The van der Waals surface area contributed by atoms with E-state index in [-0.39, 0.29) is 0 Å². The molecule has 0 aromatic carbocycles. The second kappa shape index (κ2) is 9.78. The number of nitrogens with zero attached hydrogens (tertiary/aromatic N) is 2. The zero-order valence-corrected chi connectivity index (χ0v) is 10.0. The molecule has 0 unspecified atom stereocenters. The van der Waals surface area contributed by atoms with Crippen LogP contribution in [0.2, 0.25) is 0 Å². The Hall–Kier alpha value is -1.31. The van der Waals surface area contributed by atoms with Crippen molar-refractivity contribution in [2.45, 2.75) is 27.7 Å². The minimum atomic E-state index is 1.01. The van der Waals surface area contributed by atoms with Crippen LogP contribution in [-0.4, -0.2) is 9.78 Å². The number of hydrogen-bond acceptors (Lipinski definition) is 1. The first kappa shape index (κ1) is 15.2. The summed E-state index contributed by atoms with van der Waals surface area (Å²) in [6, 6.07) is 0. The Bertz CT molecular complexity index is 259.